The summed E-state index contributed by atoms with van der Waals surface area (Å²) in [5, 5.41) is 22.2. The van der Waals surface area contributed by atoms with E-state index in [9.17, 15) is 10.2 Å². The zero-order chi connectivity index (χ0) is 21.8. The number of benzene rings is 2. The molecule has 2 N–H and O–H groups in total. The maximum Gasteiger partial charge on any atom is 0.261 e. The third-order valence-corrected chi connectivity index (χ3v) is 11.2. The predicted molar refractivity (Wildman–Crippen MR) is 124 cm³/mol. The molecule has 1 aliphatic rings. The van der Waals surface area contributed by atoms with Gasteiger partial charge in [-0.05, 0) is 27.8 Å². The van der Waals surface area contributed by atoms with E-state index < -0.39 is 14.4 Å². The molecule has 4 nitrogen and oxygen atoms in total. The Balaban J connectivity index is 1.88. The molecule has 0 aromatic heterocycles. The standard InChI is InChI=1S/C25H36O4Si/c1-19(17-26)15-24-23(27)16-20(29-24)18-28-30(25(2,3)4,21-11-7-5-8-12-21)22-13-9-6-10-14-22/h5-14,19-20,23-24,26-27H,15-18H2,1-4H3/t19-,20+,23-,24-/m0/s1. The summed E-state index contributed by atoms with van der Waals surface area (Å²) in [7, 11) is -2.60. The highest BCUT2D eigenvalue weighted by atomic mass is 28.4. The molecule has 4 atom stereocenters. The van der Waals surface area contributed by atoms with Gasteiger partial charge in [-0.25, -0.2) is 0 Å². The molecule has 1 heterocycles. The van der Waals surface area contributed by atoms with E-state index in [-0.39, 0.29) is 29.8 Å². The first-order valence-electron chi connectivity index (χ1n) is 11.0. The predicted octanol–water partition coefficient (Wildman–Crippen LogP) is 3.10. The van der Waals surface area contributed by atoms with E-state index in [1.165, 1.54) is 10.4 Å². The van der Waals surface area contributed by atoms with Crippen LogP contribution in [0.5, 0.6) is 0 Å². The van der Waals surface area contributed by atoms with Crippen LogP contribution < -0.4 is 10.4 Å². The molecule has 5 heteroatoms. The van der Waals surface area contributed by atoms with E-state index in [1.54, 1.807) is 0 Å². The number of ether oxygens (including phenoxy) is 1. The molecule has 3 rings (SSSR count). The van der Waals surface area contributed by atoms with Crippen LogP contribution in [0, 0.1) is 5.92 Å². The van der Waals surface area contributed by atoms with Gasteiger partial charge in [0.2, 0.25) is 0 Å². The first kappa shape index (κ1) is 23.2. The molecule has 30 heavy (non-hydrogen) atoms. The van der Waals surface area contributed by atoms with Crippen LogP contribution in [0.25, 0.3) is 0 Å². The van der Waals surface area contributed by atoms with Gasteiger partial charge in [-0.2, -0.15) is 0 Å². The highest BCUT2D eigenvalue weighted by Crippen LogP contribution is 2.37. The largest absolute Gasteiger partial charge is 0.405 e. The normalized spacial score (nSPS) is 23.5. The summed E-state index contributed by atoms with van der Waals surface area (Å²) in [5.74, 6) is 0.112. The lowest BCUT2D eigenvalue weighted by atomic mass is 10.0. The molecule has 0 radical (unpaired) electrons. The molecule has 0 saturated carbocycles. The maximum absolute atomic E-state index is 10.5. The number of hydrogen-bond donors (Lipinski definition) is 2. The summed E-state index contributed by atoms with van der Waals surface area (Å²) in [4.78, 5) is 0. The van der Waals surface area contributed by atoms with Gasteiger partial charge in [0.1, 0.15) is 0 Å². The van der Waals surface area contributed by atoms with Crippen LogP contribution in [-0.4, -0.2) is 50.1 Å². The van der Waals surface area contributed by atoms with Gasteiger partial charge < -0.3 is 19.4 Å². The Labute approximate surface area is 182 Å². The van der Waals surface area contributed by atoms with Gasteiger partial charge in [-0.1, -0.05) is 88.4 Å². The summed E-state index contributed by atoms with van der Waals surface area (Å²) < 4.78 is 13.1. The molecule has 1 saturated heterocycles. The first-order chi connectivity index (χ1) is 14.3. The maximum atomic E-state index is 10.5. The van der Waals surface area contributed by atoms with Crippen molar-refractivity contribution >= 4 is 18.7 Å². The molecule has 0 amide bonds. The van der Waals surface area contributed by atoms with Crippen molar-refractivity contribution < 1.29 is 19.4 Å². The van der Waals surface area contributed by atoms with Crippen molar-refractivity contribution in [1.29, 1.82) is 0 Å². The Morgan fingerprint density at radius 1 is 1.03 bits per heavy atom. The van der Waals surface area contributed by atoms with E-state index in [0.717, 1.165) is 0 Å². The third-order valence-electron chi connectivity index (χ3n) is 6.15. The van der Waals surface area contributed by atoms with Crippen LogP contribution in [0.15, 0.2) is 60.7 Å². The lowest BCUT2D eigenvalue weighted by Crippen LogP contribution is -2.67. The lowest BCUT2D eigenvalue weighted by Gasteiger charge is -2.43. The van der Waals surface area contributed by atoms with Gasteiger partial charge in [0.15, 0.2) is 0 Å². The van der Waals surface area contributed by atoms with Crippen molar-refractivity contribution in [2.75, 3.05) is 13.2 Å². The van der Waals surface area contributed by atoms with Crippen molar-refractivity contribution in [2.24, 2.45) is 5.92 Å². The summed E-state index contributed by atoms with van der Waals surface area (Å²) >= 11 is 0. The molecule has 1 aliphatic heterocycles. The second-order valence-corrected chi connectivity index (χ2v) is 13.9. The molecule has 2 aromatic carbocycles. The summed E-state index contributed by atoms with van der Waals surface area (Å²) in [6.45, 7) is 9.31. The minimum absolute atomic E-state index is 0.0856. The molecule has 0 spiro atoms. The van der Waals surface area contributed by atoms with Crippen LogP contribution in [0.4, 0.5) is 0 Å². The Bertz CT molecular complexity index is 735. The zero-order valence-corrected chi connectivity index (χ0v) is 19.6. The molecule has 2 aromatic rings. The zero-order valence-electron chi connectivity index (χ0n) is 18.6. The average Bonchev–Trinajstić information content (AvgIpc) is 3.08. The molecular weight excluding hydrogens is 392 g/mol. The lowest BCUT2D eigenvalue weighted by molar-refractivity contribution is -0.0209. The minimum atomic E-state index is -2.60. The van der Waals surface area contributed by atoms with Crippen molar-refractivity contribution in [3.63, 3.8) is 0 Å². The van der Waals surface area contributed by atoms with Gasteiger partial charge in [-0.15, -0.1) is 0 Å². The van der Waals surface area contributed by atoms with Crippen LogP contribution in [0.3, 0.4) is 0 Å². The van der Waals surface area contributed by atoms with Gasteiger partial charge in [0, 0.05) is 13.0 Å². The number of rotatable bonds is 8. The monoisotopic (exact) mass is 428 g/mol. The van der Waals surface area contributed by atoms with Gasteiger partial charge in [0.05, 0.1) is 24.9 Å². The molecule has 164 valence electrons. The fourth-order valence-electron chi connectivity index (χ4n) is 4.59. The number of hydrogen-bond acceptors (Lipinski definition) is 4. The highest BCUT2D eigenvalue weighted by Gasteiger charge is 2.51. The van der Waals surface area contributed by atoms with Gasteiger partial charge >= 0.3 is 0 Å². The highest BCUT2D eigenvalue weighted by molar-refractivity contribution is 6.99. The summed E-state index contributed by atoms with van der Waals surface area (Å²) in [6.07, 6.45) is 0.346. The first-order valence-corrected chi connectivity index (χ1v) is 12.9. The number of aliphatic hydroxyl groups is 2. The van der Waals surface area contributed by atoms with E-state index >= 15 is 0 Å². The topological polar surface area (TPSA) is 58.9 Å². The molecule has 0 aliphatic carbocycles. The van der Waals surface area contributed by atoms with E-state index in [1.807, 2.05) is 19.1 Å². The second kappa shape index (κ2) is 9.75. The minimum Gasteiger partial charge on any atom is -0.405 e. The van der Waals surface area contributed by atoms with Crippen LogP contribution >= 0.6 is 0 Å². The Morgan fingerprint density at radius 3 is 2.03 bits per heavy atom. The fourth-order valence-corrected chi connectivity index (χ4v) is 9.18. The summed E-state index contributed by atoms with van der Waals surface area (Å²) in [6, 6.07) is 21.1. The SMILES string of the molecule is C[C@H](CO)C[C@@H]1O[C@@H](CO[Si](c2ccccc2)(c2ccccc2)C(C)(C)C)C[C@@H]1O. The average molecular weight is 429 g/mol. The van der Waals surface area contributed by atoms with Gasteiger partial charge in [0.25, 0.3) is 8.32 Å². The number of aliphatic hydroxyl groups excluding tert-OH is 2. The van der Waals surface area contributed by atoms with Crippen molar-refractivity contribution in [3.8, 4) is 0 Å². The summed E-state index contributed by atoms with van der Waals surface area (Å²) in [5.41, 5.74) is 0. The van der Waals surface area contributed by atoms with Gasteiger partial charge in [-0.3, -0.25) is 0 Å². The van der Waals surface area contributed by atoms with Crippen molar-refractivity contribution in [2.45, 2.75) is 63.9 Å². The Kier molecular flexibility index (Phi) is 7.53. The Morgan fingerprint density at radius 2 is 1.57 bits per heavy atom. The second-order valence-electron chi connectivity index (χ2n) is 9.60. The molecule has 0 unspecified atom stereocenters. The van der Waals surface area contributed by atoms with E-state index in [4.69, 9.17) is 9.16 Å². The molecule has 0 bridgehead atoms. The third kappa shape index (κ3) is 4.87. The fraction of sp³-hybridized carbons (Fsp3) is 0.520. The van der Waals surface area contributed by atoms with Crippen molar-refractivity contribution in [1.82, 2.24) is 0 Å². The van der Waals surface area contributed by atoms with Crippen LogP contribution in [-0.2, 0) is 9.16 Å². The van der Waals surface area contributed by atoms with Crippen LogP contribution in [0.1, 0.15) is 40.5 Å². The van der Waals surface area contributed by atoms with E-state index in [0.29, 0.717) is 19.4 Å². The smallest absolute Gasteiger partial charge is 0.261 e. The van der Waals surface area contributed by atoms with E-state index in [2.05, 4.69) is 69.3 Å². The quantitative estimate of drug-likeness (QED) is 0.635. The van der Waals surface area contributed by atoms with Crippen molar-refractivity contribution in [3.05, 3.63) is 60.7 Å². The molecule has 1 fully saturated rings. The Hall–Kier alpha value is -1.50. The molecular formula is C25H36O4Si. The van der Waals surface area contributed by atoms with Crippen LogP contribution in [0.2, 0.25) is 5.04 Å².